The van der Waals surface area contributed by atoms with E-state index in [0.717, 1.165) is 33.8 Å². The summed E-state index contributed by atoms with van der Waals surface area (Å²) in [5.41, 5.74) is 5.79. The van der Waals surface area contributed by atoms with Crippen LogP contribution in [-0.4, -0.2) is 41.5 Å². The Balaban J connectivity index is 1.43. The molecular formula is C32H28FN5O3. The molecule has 6 rings (SSSR count). The maximum absolute atomic E-state index is 15.5. The number of hydrogen-bond donors (Lipinski definition) is 1. The molecule has 41 heavy (non-hydrogen) atoms. The SMILES string of the molecule is CCOc1cc(F)c(CC2C=C(c3ncc(OC)c(Nc4ccncc4)n3)C=C3C2=Nc2ccccc23)c(OC)c1. The lowest BCUT2D eigenvalue weighted by Crippen LogP contribution is -2.20. The Morgan fingerprint density at radius 2 is 1.80 bits per heavy atom. The van der Waals surface area contributed by atoms with Crippen LogP contribution in [-0.2, 0) is 6.42 Å². The van der Waals surface area contributed by atoms with Crippen molar-refractivity contribution in [2.24, 2.45) is 10.9 Å². The number of benzene rings is 2. The number of ether oxygens (including phenoxy) is 3. The maximum atomic E-state index is 15.5. The zero-order chi connectivity index (χ0) is 28.3. The van der Waals surface area contributed by atoms with E-state index in [4.69, 9.17) is 24.2 Å². The smallest absolute Gasteiger partial charge is 0.179 e. The molecule has 2 aromatic heterocycles. The van der Waals surface area contributed by atoms with Gasteiger partial charge in [0, 0.05) is 58.4 Å². The minimum Gasteiger partial charge on any atom is -0.496 e. The van der Waals surface area contributed by atoms with Gasteiger partial charge in [-0.15, -0.1) is 0 Å². The van der Waals surface area contributed by atoms with Gasteiger partial charge >= 0.3 is 0 Å². The summed E-state index contributed by atoms with van der Waals surface area (Å²) in [5.74, 6) is 1.73. The summed E-state index contributed by atoms with van der Waals surface area (Å²) in [6.45, 7) is 2.29. The van der Waals surface area contributed by atoms with Gasteiger partial charge in [-0.25, -0.2) is 14.4 Å². The number of rotatable bonds is 9. The minimum absolute atomic E-state index is 0.263. The summed E-state index contributed by atoms with van der Waals surface area (Å²) < 4.78 is 32.1. The molecule has 0 amide bonds. The van der Waals surface area contributed by atoms with Crippen LogP contribution in [0.2, 0.25) is 0 Å². The summed E-state index contributed by atoms with van der Waals surface area (Å²) in [6, 6.07) is 14.8. The van der Waals surface area contributed by atoms with Gasteiger partial charge in [0.25, 0.3) is 0 Å². The van der Waals surface area contributed by atoms with Crippen LogP contribution in [0, 0.1) is 11.7 Å². The fraction of sp³-hybridized carbons (Fsp3) is 0.188. The summed E-state index contributed by atoms with van der Waals surface area (Å²) in [5, 5.41) is 3.29. The van der Waals surface area contributed by atoms with E-state index in [-0.39, 0.29) is 11.7 Å². The highest BCUT2D eigenvalue weighted by atomic mass is 19.1. The van der Waals surface area contributed by atoms with E-state index in [1.165, 1.54) is 13.2 Å². The summed E-state index contributed by atoms with van der Waals surface area (Å²) in [4.78, 5) is 18.5. The molecule has 9 heteroatoms. The van der Waals surface area contributed by atoms with Gasteiger partial charge in [0.2, 0.25) is 0 Å². The van der Waals surface area contributed by atoms with Crippen molar-refractivity contribution in [3.63, 3.8) is 0 Å². The number of allylic oxidation sites excluding steroid dienone is 4. The van der Waals surface area contributed by atoms with Crippen molar-refractivity contribution in [2.75, 3.05) is 26.1 Å². The first-order valence-electron chi connectivity index (χ1n) is 13.3. The zero-order valence-electron chi connectivity index (χ0n) is 22.9. The van der Waals surface area contributed by atoms with Crippen molar-refractivity contribution in [2.45, 2.75) is 13.3 Å². The number of pyridine rings is 1. The highest BCUT2D eigenvalue weighted by molar-refractivity contribution is 6.33. The normalized spacial score (nSPS) is 15.2. The number of aliphatic imine (C=N–C) groups is 1. The van der Waals surface area contributed by atoms with Gasteiger partial charge in [0.15, 0.2) is 17.4 Å². The van der Waals surface area contributed by atoms with Crippen molar-refractivity contribution < 1.29 is 18.6 Å². The minimum atomic E-state index is -0.389. The van der Waals surface area contributed by atoms with E-state index < -0.39 is 0 Å². The van der Waals surface area contributed by atoms with E-state index in [1.807, 2.05) is 55.5 Å². The number of nitrogens with one attached hydrogen (secondary N) is 1. The van der Waals surface area contributed by atoms with Gasteiger partial charge in [-0.3, -0.25) is 9.98 Å². The molecule has 206 valence electrons. The van der Waals surface area contributed by atoms with Gasteiger partial charge in [-0.2, -0.15) is 0 Å². The summed E-state index contributed by atoms with van der Waals surface area (Å²) >= 11 is 0. The molecule has 1 aliphatic heterocycles. The van der Waals surface area contributed by atoms with E-state index in [9.17, 15) is 0 Å². The molecule has 0 radical (unpaired) electrons. The summed E-state index contributed by atoms with van der Waals surface area (Å²) in [7, 11) is 3.11. The molecule has 8 nitrogen and oxygen atoms in total. The van der Waals surface area contributed by atoms with Gasteiger partial charge < -0.3 is 19.5 Å². The third kappa shape index (κ3) is 5.14. The van der Waals surface area contributed by atoms with Crippen molar-refractivity contribution in [1.82, 2.24) is 15.0 Å². The van der Waals surface area contributed by atoms with E-state index >= 15 is 4.39 Å². The molecular weight excluding hydrogens is 521 g/mol. The van der Waals surface area contributed by atoms with E-state index in [0.29, 0.717) is 47.5 Å². The molecule has 1 atom stereocenters. The van der Waals surface area contributed by atoms with Crippen molar-refractivity contribution in [1.29, 1.82) is 0 Å². The van der Waals surface area contributed by atoms with Crippen LogP contribution >= 0.6 is 0 Å². The summed E-state index contributed by atoms with van der Waals surface area (Å²) in [6.07, 6.45) is 9.45. The van der Waals surface area contributed by atoms with Gasteiger partial charge in [-0.1, -0.05) is 24.3 Å². The zero-order valence-corrected chi connectivity index (χ0v) is 22.9. The lowest BCUT2D eigenvalue weighted by atomic mass is 9.82. The highest BCUT2D eigenvalue weighted by Crippen LogP contribution is 2.44. The Hall–Kier alpha value is -5.05. The Labute approximate surface area is 237 Å². The van der Waals surface area contributed by atoms with Gasteiger partial charge in [-0.05, 0) is 37.6 Å². The first-order valence-corrected chi connectivity index (χ1v) is 13.3. The lowest BCUT2D eigenvalue weighted by molar-refractivity contribution is 0.332. The van der Waals surface area contributed by atoms with E-state index in [2.05, 4.69) is 15.3 Å². The standard InChI is InChI=1S/C32H28FN5O3/c1-4-41-22-16-26(33)25(28(17-22)39-2)14-19-13-20(15-24-23-7-5-6-8-27(23)37-30(19)24)31-35-18-29(40-3)32(38-31)36-21-9-11-34-12-10-21/h5-13,15-19H,4,14H2,1-3H3,(H,34,35,36,38). The van der Waals surface area contributed by atoms with E-state index in [1.54, 1.807) is 31.8 Å². The third-order valence-electron chi connectivity index (χ3n) is 7.00. The predicted molar refractivity (Wildman–Crippen MR) is 157 cm³/mol. The maximum Gasteiger partial charge on any atom is 0.179 e. The molecule has 0 spiro atoms. The Morgan fingerprint density at radius 1 is 1.00 bits per heavy atom. The first kappa shape index (κ1) is 26.2. The lowest BCUT2D eigenvalue weighted by Gasteiger charge is -2.23. The largest absolute Gasteiger partial charge is 0.496 e. The second-order valence-electron chi connectivity index (χ2n) is 9.50. The monoisotopic (exact) mass is 549 g/mol. The van der Waals surface area contributed by atoms with Crippen molar-refractivity contribution in [3.8, 4) is 17.2 Å². The number of anilines is 2. The van der Waals surface area contributed by atoms with Crippen LogP contribution in [0.4, 0.5) is 21.6 Å². The molecule has 0 saturated heterocycles. The number of hydrogen-bond acceptors (Lipinski definition) is 8. The predicted octanol–water partition coefficient (Wildman–Crippen LogP) is 6.60. The number of halogens is 1. The second kappa shape index (κ2) is 11.2. The average molecular weight is 550 g/mol. The molecule has 2 aliphatic rings. The molecule has 2 aromatic carbocycles. The third-order valence-corrected chi connectivity index (χ3v) is 7.00. The fourth-order valence-electron chi connectivity index (χ4n) is 5.11. The number of fused-ring (bicyclic) bond motifs is 3. The van der Waals surface area contributed by atoms with Crippen LogP contribution in [0.5, 0.6) is 17.2 Å². The van der Waals surface area contributed by atoms with Gasteiger partial charge in [0.05, 0.1) is 38.4 Å². The first-order chi connectivity index (χ1) is 20.1. The molecule has 1 unspecified atom stereocenters. The second-order valence-corrected chi connectivity index (χ2v) is 9.50. The Bertz CT molecular complexity index is 1700. The fourth-order valence-corrected chi connectivity index (χ4v) is 5.11. The van der Waals surface area contributed by atoms with Crippen molar-refractivity contribution in [3.05, 3.63) is 102 Å². The molecule has 4 aromatic rings. The number of para-hydroxylation sites is 1. The van der Waals surface area contributed by atoms with Gasteiger partial charge in [0.1, 0.15) is 17.3 Å². The van der Waals surface area contributed by atoms with Crippen LogP contribution in [0.15, 0.2) is 84.3 Å². The average Bonchev–Trinajstić information content (AvgIpc) is 3.38. The Morgan fingerprint density at radius 3 is 2.59 bits per heavy atom. The van der Waals surface area contributed by atoms with Crippen molar-refractivity contribution >= 4 is 34.1 Å². The van der Waals surface area contributed by atoms with Crippen LogP contribution in [0.1, 0.15) is 23.9 Å². The molecule has 1 N–H and O–H groups in total. The van der Waals surface area contributed by atoms with Crippen LogP contribution in [0.3, 0.4) is 0 Å². The Kier molecular flexibility index (Phi) is 7.16. The quantitative estimate of drug-likeness (QED) is 0.252. The molecule has 3 heterocycles. The molecule has 0 saturated carbocycles. The molecule has 0 bridgehead atoms. The number of aromatic nitrogens is 3. The highest BCUT2D eigenvalue weighted by Gasteiger charge is 2.32. The molecule has 0 fully saturated rings. The number of methoxy groups -OCH3 is 2. The van der Waals surface area contributed by atoms with Crippen LogP contribution < -0.4 is 19.5 Å². The number of nitrogens with zero attached hydrogens (tertiary/aromatic N) is 4. The topological polar surface area (TPSA) is 90.8 Å². The molecule has 1 aliphatic carbocycles. The van der Waals surface area contributed by atoms with Crippen LogP contribution in [0.25, 0.3) is 11.1 Å².